The van der Waals surface area contributed by atoms with Crippen LogP contribution < -0.4 is 10.1 Å². The summed E-state index contributed by atoms with van der Waals surface area (Å²) in [6, 6.07) is 14.3. The van der Waals surface area contributed by atoms with E-state index in [-0.39, 0.29) is 5.82 Å². The molecule has 0 aliphatic heterocycles. The zero-order valence-corrected chi connectivity index (χ0v) is 15.5. The van der Waals surface area contributed by atoms with Gasteiger partial charge in [-0.05, 0) is 23.8 Å². The number of methoxy groups -OCH3 is 1. The molecule has 5 nitrogen and oxygen atoms in total. The summed E-state index contributed by atoms with van der Waals surface area (Å²) in [6.45, 7) is 2.31. The average molecular weight is 359 g/mol. The Morgan fingerprint density at radius 3 is 2.58 bits per heavy atom. The van der Waals surface area contributed by atoms with E-state index < -0.39 is 0 Å². The standard InChI is InChI=1S/C20H26FN3O2/c1-22-20(24(2)14-16-8-10-18(21)11-9-16)23-12-13-26-15-17-6-4-5-7-19(17)25-3/h4-11H,12-15H2,1-3H3,(H,22,23). The maximum absolute atomic E-state index is 13.0. The topological polar surface area (TPSA) is 46.1 Å². The van der Waals surface area contributed by atoms with Gasteiger partial charge in [-0.2, -0.15) is 0 Å². The Labute approximate surface area is 154 Å². The predicted octanol–water partition coefficient (Wildman–Crippen LogP) is 3.06. The molecule has 0 fully saturated rings. The number of hydrogen-bond donors (Lipinski definition) is 1. The van der Waals surface area contributed by atoms with Crippen LogP contribution in [0, 0.1) is 5.82 Å². The molecular formula is C20H26FN3O2. The van der Waals surface area contributed by atoms with Crippen molar-refractivity contribution in [3.63, 3.8) is 0 Å². The number of aliphatic imine (C=N–C) groups is 1. The van der Waals surface area contributed by atoms with E-state index in [0.717, 1.165) is 22.8 Å². The number of ether oxygens (including phenoxy) is 2. The van der Waals surface area contributed by atoms with E-state index in [1.807, 2.05) is 36.2 Å². The lowest BCUT2D eigenvalue weighted by atomic mass is 10.2. The number of hydrogen-bond acceptors (Lipinski definition) is 3. The zero-order chi connectivity index (χ0) is 18.8. The van der Waals surface area contributed by atoms with E-state index in [1.54, 1.807) is 26.3 Å². The van der Waals surface area contributed by atoms with Crippen LogP contribution in [0.15, 0.2) is 53.5 Å². The molecular weight excluding hydrogens is 333 g/mol. The van der Waals surface area contributed by atoms with Crippen LogP contribution in [-0.4, -0.2) is 45.2 Å². The smallest absolute Gasteiger partial charge is 0.193 e. The summed E-state index contributed by atoms with van der Waals surface area (Å²) in [5, 5.41) is 3.26. The highest BCUT2D eigenvalue weighted by Crippen LogP contribution is 2.17. The SMILES string of the molecule is CN=C(NCCOCc1ccccc1OC)N(C)Cc1ccc(F)cc1. The molecule has 6 heteroatoms. The molecule has 2 rings (SSSR count). The first-order valence-corrected chi connectivity index (χ1v) is 8.50. The summed E-state index contributed by atoms with van der Waals surface area (Å²) in [4.78, 5) is 6.25. The lowest BCUT2D eigenvalue weighted by Gasteiger charge is -2.22. The summed E-state index contributed by atoms with van der Waals surface area (Å²) in [5.74, 6) is 1.36. The maximum atomic E-state index is 13.0. The molecule has 0 bridgehead atoms. The normalized spacial score (nSPS) is 11.3. The van der Waals surface area contributed by atoms with Crippen molar-refractivity contribution in [3.8, 4) is 5.75 Å². The van der Waals surface area contributed by atoms with Gasteiger partial charge in [0, 0.05) is 32.7 Å². The molecule has 0 aliphatic rings. The minimum absolute atomic E-state index is 0.230. The minimum Gasteiger partial charge on any atom is -0.496 e. The molecule has 0 spiro atoms. The predicted molar refractivity (Wildman–Crippen MR) is 102 cm³/mol. The number of nitrogens with zero attached hydrogens (tertiary/aromatic N) is 2. The van der Waals surface area contributed by atoms with Crippen LogP contribution in [0.1, 0.15) is 11.1 Å². The van der Waals surface area contributed by atoms with Crippen LogP contribution in [0.4, 0.5) is 4.39 Å². The van der Waals surface area contributed by atoms with Crippen molar-refractivity contribution in [2.75, 3.05) is 34.4 Å². The number of para-hydroxylation sites is 1. The van der Waals surface area contributed by atoms with Gasteiger partial charge in [-0.1, -0.05) is 30.3 Å². The quantitative estimate of drug-likeness (QED) is 0.447. The number of rotatable bonds is 8. The Morgan fingerprint density at radius 1 is 1.15 bits per heavy atom. The number of nitrogens with one attached hydrogen (secondary N) is 1. The third kappa shape index (κ3) is 6.04. The molecule has 0 amide bonds. The van der Waals surface area contributed by atoms with Gasteiger partial charge in [0.25, 0.3) is 0 Å². The molecule has 0 heterocycles. The third-order valence-corrected chi connectivity index (χ3v) is 3.89. The Morgan fingerprint density at radius 2 is 1.88 bits per heavy atom. The van der Waals surface area contributed by atoms with Crippen molar-refractivity contribution >= 4 is 5.96 Å². The second-order valence-corrected chi connectivity index (χ2v) is 5.82. The molecule has 0 saturated carbocycles. The van der Waals surface area contributed by atoms with E-state index in [9.17, 15) is 4.39 Å². The van der Waals surface area contributed by atoms with Gasteiger partial charge in [0.1, 0.15) is 11.6 Å². The van der Waals surface area contributed by atoms with Crippen LogP contribution in [0.5, 0.6) is 5.75 Å². The Hall–Kier alpha value is -2.60. The van der Waals surface area contributed by atoms with Gasteiger partial charge < -0.3 is 19.7 Å². The first-order chi connectivity index (χ1) is 12.6. The van der Waals surface area contributed by atoms with E-state index in [2.05, 4.69) is 10.3 Å². The van der Waals surface area contributed by atoms with E-state index >= 15 is 0 Å². The molecule has 0 unspecified atom stereocenters. The van der Waals surface area contributed by atoms with Gasteiger partial charge >= 0.3 is 0 Å². The molecule has 2 aromatic carbocycles. The summed E-state index contributed by atoms with van der Waals surface area (Å²) in [7, 11) is 5.33. The molecule has 1 N–H and O–H groups in total. The van der Waals surface area contributed by atoms with Crippen LogP contribution in [0.3, 0.4) is 0 Å². The van der Waals surface area contributed by atoms with Gasteiger partial charge in [0.2, 0.25) is 0 Å². The second kappa shape index (κ2) is 10.4. The van der Waals surface area contributed by atoms with Gasteiger partial charge in [-0.25, -0.2) is 4.39 Å². The van der Waals surface area contributed by atoms with Crippen molar-refractivity contribution in [1.29, 1.82) is 0 Å². The summed E-state index contributed by atoms with van der Waals surface area (Å²) >= 11 is 0. The van der Waals surface area contributed by atoms with Crippen LogP contribution in [0.25, 0.3) is 0 Å². The maximum Gasteiger partial charge on any atom is 0.193 e. The second-order valence-electron chi connectivity index (χ2n) is 5.82. The fraction of sp³-hybridized carbons (Fsp3) is 0.350. The molecule has 0 aromatic heterocycles. The first kappa shape index (κ1) is 19.7. The summed E-state index contributed by atoms with van der Waals surface area (Å²) < 4.78 is 24.0. The lowest BCUT2D eigenvalue weighted by Crippen LogP contribution is -2.39. The Kier molecular flexibility index (Phi) is 7.89. The zero-order valence-electron chi connectivity index (χ0n) is 15.5. The molecule has 0 atom stereocenters. The number of guanidine groups is 1. The van der Waals surface area contributed by atoms with Crippen molar-refractivity contribution in [2.45, 2.75) is 13.2 Å². The molecule has 0 aliphatic carbocycles. The van der Waals surface area contributed by atoms with Crippen LogP contribution in [-0.2, 0) is 17.9 Å². The summed E-state index contributed by atoms with van der Waals surface area (Å²) in [6.07, 6.45) is 0. The molecule has 0 saturated heterocycles. The van der Waals surface area contributed by atoms with Crippen LogP contribution in [0.2, 0.25) is 0 Å². The van der Waals surface area contributed by atoms with Gasteiger partial charge in [-0.3, -0.25) is 4.99 Å². The molecule has 140 valence electrons. The Bertz CT molecular complexity index is 704. The van der Waals surface area contributed by atoms with Gasteiger partial charge in [0.05, 0.1) is 20.3 Å². The monoisotopic (exact) mass is 359 g/mol. The minimum atomic E-state index is -0.230. The highest BCUT2D eigenvalue weighted by atomic mass is 19.1. The fourth-order valence-corrected chi connectivity index (χ4v) is 2.56. The Balaban J connectivity index is 1.73. The average Bonchev–Trinajstić information content (AvgIpc) is 2.66. The summed E-state index contributed by atoms with van der Waals surface area (Å²) in [5.41, 5.74) is 2.04. The molecule has 2 aromatic rings. The van der Waals surface area contributed by atoms with Crippen molar-refractivity contribution < 1.29 is 13.9 Å². The van der Waals surface area contributed by atoms with Crippen LogP contribution >= 0.6 is 0 Å². The van der Waals surface area contributed by atoms with Gasteiger partial charge in [0.15, 0.2) is 5.96 Å². The third-order valence-electron chi connectivity index (χ3n) is 3.89. The highest BCUT2D eigenvalue weighted by Gasteiger charge is 2.07. The van der Waals surface area contributed by atoms with Gasteiger partial charge in [-0.15, -0.1) is 0 Å². The number of halogens is 1. The highest BCUT2D eigenvalue weighted by molar-refractivity contribution is 5.79. The van der Waals surface area contributed by atoms with E-state index in [0.29, 0.717) is 26.3 Å². The van der Waals surface area contributed by atoms with Crippen molar-refractivity contribution in [1.82, 2.24) is 10.2 Å². The van der Waals surface area contributed by atoms with E-state index in [1.165, 1.54) is 12.1 Å². The van der Waals surface area contributed by atoms with E-state index in [4.69, 9.17) is 9.47 Å². The first-order valence-electron chi connectivity index (χ1n) is 8.50. The number of benzene rings is 2. The van der Waals surface area contributed by atoms with Crippen molar-refractivity contribution in [2.24, 2.45) is 4.99 Å². The fourth-order valence-electron chi connectivity index (χ4n) is 2.56. The molecule has 26 heavy (non-hydrogen) atoms. The molecule has 0 radical (unpaired) electrons. The van der Waals surface area contributed by atoms with Crippen molar-refractivity contribution in [3.05, 3.63) is 65.5 Å². The lowest BCUT2D eigenvalue weighted by molar-refractivity contribution is 0.123. The largest absolute Gasteiger partial charge is 0.496 e.